The third kappa shape index (κ3) is 5.51. The first kappa shape index (κ1) is 21.3. The van der Waals surface area contributed by atoms with Gasteiger partial charge in [-0.3, -0.25) is 4.79 Å². The second-order valence-corrected chi connectivity index (χ2v) is 11.1. The van der Waals surface area contributed by atoms with Crippen molar-refractivity contribution in [2.45, 2.75) is 24.4 Å². The Bertz CT molecular complexity index is 633. The summed E-state index contributed by atoms with van der Waals surface area (Å²) in [5, 5.41) is 1.58. The number of rotatable bonds is 9. The molecule has 0 saturated carbocycles. The third-order valence-electron chi connectivity index (χ3n) is 3.48. The van der Waals surface area contributed by atoms with Crippen molar-refractivity contribution in [1.29, 1.82) is 0 Å². The summed E-state index contributed by atoms with van der Waals surface area (Å²) in [6.07, 6.45) is -0.0937. The van der Waals surface area contributed by atoms with Crippen LogP contribution in [0.1, 0.15) is 20.3 Å². The average molecular weight is 417 g/mol. The van der Waals surface area contributed by atoms with Crippen molar-refractivity contribution in [3.8, 4) is 0 Å². The number of sulfone groups is 2. The van der Waals surface area contributed by atoms with E-state index in [1.54, 1.807) is 0 Å². The molecule has 0 amide bonds. The van der Waals surface area contributed by atoms with Gasteiger partial charge in [-0.1, -0.05) is 29.1 Å². The van der Waals surface area contributed by atoms with E-state index in [9.17, 15) is 21.6 Å². The van der Waals surface area contributed by atoms with E-state index in [2.05, 4.69) is 29.1 Å². The van der Waals surface area contributed by atoms with E-state index in [0.717, 1.165) is 10.8 Å². The lowest BCUT2D eigenvalue weighted by Gasteiger charge is -2.32. The molecule has 0 N–H and O–H groups in total. The fraction of sp³-hybridized carbons (Fsp3) is 0.615. The van der Waals surface area contributed by atoms with E-state index in [1.807, 2.05) is 0 Å². The fourth-order valence-corrected chi connectivity index (χ4v) is 4.68. The first-order valence-electron chi connectivity index (χ1n) is 6.28. The lowest BCUT2D eigenvalue weighted by atomic mass is 9.78. The van der Waals surface area contributed by atoms with Crippen molar-refractivity contribution in [3.63, 3.8) is 0 Å². The van der Waals surface area contributed by atoms with Crippen LogP contribution in [0, 0.1) is 11.3 Å². The zero-order valence-electron chi connectivity index (χ0n) is 12.8. The number of hydrogen-bond acceptors (Lipinski definition) is 6. The van der Waals surface area contributed by atoms with Crippen LogP contribution in [0.25, 0.3) is 0 Å². The van der Waals surface area contributed by atoms with E-state index in [1.165, 1.54) is 21.0 Å². The van der Waals surface area contributed by atoms with Gasteiger partial charge < -0.3 is 4.74 Å². The van der Waals surface area contributed by atoms with E-state index >= 15 is 0 Å². The zero-order valence-corrected chi connectivity index (χ0v) is 16.0. The zero-order chi connectivity index (χ0) is 17.8. The first-order chi connectivity index (χ1) is 9.84. The number of halogens is 1. The molecule has 0 fully saturated rings. The van der Waals surface area contributed by atoms with Crippen molar-refractivity contribution in [3.05, 3.63) is 24.0 Å². The van der Waals surface area contributed by atoms with Crippen LogP contribution in [0.3, 0.4) is 0 Å². The Morgan fingerprint density at radius 3 is 2.09 bits per heavy atom. The summed E-state index contributed by atoms with van der Waals surface area (Å²) in [7, 11) is -6.08. The predicted molar refractivity (Wildman–Crippen MR) is 89.7 cm³/mol. The van der Waals surface area contributed by atoms with E-state index in [0.29, 0.717) is 0 Å². The van der Waals surface area contributed by atoms with Crippen LogP contribution in [0.15, 0.2) is 24.0 Å². The van der Waals surface area contributed by atoms with Gasteiger partial charge in [0.05, 0.1) is 18.3 Å². The van der Waals surface area contributed by atoms with Crippen molar-refractivity contribution >= 4 is 41.6 Å². The van der Waals surface area contributed by atoms with Gasteiger partial charge in [-0.25, -0.2) is 16.8 Å². The molecule has 128 valence electrons. The standard InChI is InChI=1S/C13H21BrO6S2/c1-6-21(16,17)9-10(13(3,4)12(15)20-5)8-11(14)22(18,19)7-2/h6-7,10-11H,1-2,8-9H2,3-5H3. The van der Waals surface area contributed by atoms with E-state index in [-0.39, 0.29) is 6.42 Å². The van der Waals surface area contributed by atoms with Gasteiger partial charge in [0.25, 0.3) is 0 Å². The van der Waals surface area contributed by atoms with Gasteiger partial charge in [0.2, 0.25) is 0 Å². The molecule has 0 spiro atoms. The Kier molecular flexibility index (Phi) is 7.50. The number of methoxy groups -OCH3 is 1. The summed E-state index contributed by atoms with van der Waals surface area (Å²) in [5.74, 6) is -1.82. The van der Waals surface area contributed by atoms with Crippen LogP contribution < -0.4 is 0 Å². The molecule has 0 rings (SSSR count). The number of carbonyl (C=O) groups excluding carboxylic acids is 1. The van der Waals surface area contributed by atoms with Crippen LogP contribution in [-0.2, 0) is 29.2 Å². The molecule has 0 aromatic heterocycles. The molecule has 0 aromatic rings. The third-order valence-corrected chi connectivity index (χ3v) is 8.16. The lowest BCUT2D eigenvalue weighted by Crippen LogP contribution is -2.39. The minimum Gasteiger partial charge on any atom is -0.469 e. The van der Waals surface area contributed by atoms with Crippen LogP contribution in [0.4, 0.5) is 0 Å². The Morgan fingerprint density at radius 1 is 1.23 bits per heavy atom. The molecule has 2 unspecified atom stereocenters. The first-order valence-corrected chi connectivity index (χ1v) is 10.5. The second-order valence-electron chi connectivity index (χ2n) is 5.31. The van der Waals surface area contributed by atoms with Gasteiger partial charge in [0.1, 0.15) is 4.16 Å². The molecule has 0 aromatic carbocycles. The minimum atomic E-state index is -3.64. The van der Waals surface area contributed by atoms with Crippen molar-refractivity contribution in [2.24, 2.45) is 11.3 Å². The summed E-state index contributed by atoms with van der Waals surface area (Å²) in [4.78, 5) is 11.9. The minimum absolute atomic E-state index is 0.0937. The largest absolute Gasteiger partial charge is 0.469 e. The Balaban J connectivity index is 5.68. The monoisotopic (exact) mass is 416 g/mol. The predicted octanol–water partition coefficient (Wildman–Crippen LogP) is 2.03. The normalized spacial score (nSPS) is 15.6. The Hall–Kier alpha value is -0.670. The Labute approximate surface area is 140 Å². The van der Waals surface area contributed by atoms with Gasteiger partial charge >= 0.3 is 5.97 Å². The molecular formula is C13H21BrO6S2. The highest BCUT2D eigenvalue weighted by atomic mass is 79.9. The smallest absolute Gasteiger partial charge is 0.311 e. The molecule has 2 atom stereocenters. The van der Waals surface area contributed by atoms with E-state index < -0.39 is 46.9 Å². The van der Waals surface area contributed by atoms with E-state index in [4.69, 9.17) is 4.74 Å². The highest BCUT2D eigenvalue weighted by Crippen LogP contribution is 2.36. The maximum Gasteiger partial charge on any atom is 0.311 e. The summed E-state index contributed by atoms with van der Waals surface area (Å²) in [6, 6.07) is 0. The van der Waals surface area contributed by atoms with Crippen molar-refractivity contribution in [1.82, 2.24) is 0 Å². The average Bonchev–Trinajstić information content (AvgIpc) is 2.44. The molecule has 0 bridgehead atoms. The number of hydrogen-bond donors (Lipinski definition) is 0. The molecule has 6 nitrogen and oxygen atoms in total. The molecule has 0 aliphatic carbocycles. The number of esters is 1. The van der Waals surface area contributed by atoms with Gasteiger partial charge in [0.15, 0.2) is 19.7 Å². The molecule has 0 saturated heterocycles. The molecule has 22 heavy (non-hydrogen) atoms. The van der Waals surface area contributed by atoms with Crippen LogP contribution in [0.5, 0.6) is 0 Å². The fourth-order valence-electron chi connectivity index (χ4n) is 1.81. The summed E-state index contributed by atoms with van der Waals surface area (Å²) >= 11 is 3.02. The Morgan fingerprint density at radius 2 is 1.73 bits per heavy atom. The van der Waals surface area contributed by atoms with Gasteiger partial charge in [0, 0.05) is 10.8 Å². The molecule has 9 heteroatoms. The van der Waals surface area contributed by atoms with Gasteiger partial charge in [-0.05, 0) is 26.2 Å². The summed E-state index contributed by atoms with van der Waals surface area (Å²) < 4.78 is 50.8. The number of carbonyl (C=O) groups is 1. The topological polar surface area (TPSA) is 94.6 Å². The number of alkyl halides is 1. The van der Waals surface area contributed by atoms with Gasteiger partial charge in [-0.15, -0.1) is 0 Å². The quantitative estimate of drug-likeness (QED) is 0.421. The maximum absolute atomic E-state index is 11.9. The molecule has 0 radical (unpaired) electrons. The number of ether oxygens (including phenoxy) is 1. The van der Waals surface area contributed by atoms with Crippen LogP contribution in [0.2, 0.25) is 0 Å². The highest BCUT2D eigenvalue weighted by Gasteiger charge is 2.42. The molecule has 0 aliphatic rings. The SMILES string of the molecule is C=CS(=O)(=O)CC(CC(Br)S(=O)(=O)C=C)C(C)(C)C(=O)OC. The van der Waals surface area contributed by atoms with Gasteiger partial charge in [-0.2, -0.15) is 0 Å². The second kappa shape index (κ2) is 7.74. The van der Waals surface area contributed by atoms with Crippen molar-refractivity contribution in [2.75, 3.05) is 12.9 Å². The molecular weight excluding hydrogens is 396 g/mol. The maximum atomic E-state index is 11.9. The lowest BCUT2D eigenvalue weighted by molar-refractivity contribution is -0.153. The highest BCUT2D eigenvalue weighted by molar-refractivity contribution is 9.11. The summed E-state index contributed by atoms with van der Waals surface area (Å²) in [5.41, 5.74) is -1.19. The van der Waals surface area contributed by atoms with Crippen molar-refractivity contribution < 1.29 is 26.4 Å². The molecule has 0 aliphatic heterocycles. The summed E-state index contributed by atoms with van der Waals surface area (Å²) in [6.45, 7) is 9.48. The molecule has 0 heterocycles. The van der Waals surface area contributed by atoms with Crippen LogP contribution >= 0.6 is 15.9 Å². The van der Waals surface area contributed by atoms with Crippen LogP contribution in [-0.4, -0.2) is 39.8 Å².